The summed E-state index contributed by atoms with van der Waals surface area (Å²) in [7, 11) is 1.55. The van der Waals surface area contributed by atoms with Gasteiger partial charge in [0.1, 0.15) is 18.6 Å². The van der Waals surface area contributed by atoms with Crippen molar-refractivity contribution < 1.29 is 9.23 Å². The number of hydrogen-bond donors (Lipinski definition) is 0. The fourth-order valence-corrected chi connectivity index (χ4v) is 2.45. The van der Waals surface area contributed by atoms with Gasteiger partial charge in [-0.25, -0.2) is 4.39 Å². The van der Waals surface area contributed by atoms with Crippen LogP contribution in [0, 0.1) is 5.82 Å². The zero-order chi connectivity index (χ0) is 13.9. The molecule has 1 aliphatic carbocycles. The van der Waals surface area contributed by atoms with Crippen molar-refractivity contribution in [3.05, 3.63) is 76.6 Å². The van der Waals surface area contributed by atoms with Crippen molar-refractivity contribution >= 4 is 11.8 Å². The van der Waals surface area contributed by atoms with E-state index in [0.29, 0.717) is 0 Å². The fraction of sp³-hybridized carbons (Fsp3) is 0.118. The first-order valence-electron chi connectivity index (χ1n) is 6.44. The maximum Gasteiger partial charge on any atom is 0.123 e. The van der Waals surface area contributed by atoms with E-state index >= 15 is 0 Å². The average Bonchev–Trinajstić information content (AvgIpc) is 2.80. The van der Waals surface area contributed by atoms with E-state index in [4.69, 9.17) is 4.84 Å². The van der Waals surface area contributed by atoms with Gasteiger partial charge in [0, 0.05) is 12.0 Å². The molecule has 0 N–H and O–H groups in total. The minimum Gasteiger partial charge on any atom is -0.399 e. The molecule has 0 amide bonds. The minimum atomic E-state index is -0.229. The summed E-state index contributed by atoms with van der Waals surface area (Å²) < 4.78 is 12.9. The molecule has 0 aromatic heterocycles. The molecule has 0 fully saturated rings. The van der Waals surface area contributed by atoms with Gasteiger partial charge in [0.05, 0.1) is 0 Å². The molecule has 1 aliphatic rings. The highest BCUT2D eigenvalue weighted by Crippen LogP contribution is 2.28. The van der Waals surface area contributed by atoms with Crippen molar-refractivity contribution in [1.82, 2.24) is 0 Å². The Hall–Kier alpha value is -2.42. The van der Waals surface area contributed by atoms with Crippen LogP contribution >= 0.6 is 0 Å². The highest BCUT2D eigenvalue weighted by molar-refractivity contribution is 6.18. The number of rotatable bonds is 2. The molecule has 0 radical (unpaired) electrons. The van der Waals surface area contributed by atoms with Gasteiger partial charge in [-0.3, -0.25) is 0 Å². The summed E-state index contributed by atoms with van der Waals surface area (Å²) in [6, 6.07) is 14.6. The maximum atomic E-state index is 12.9. The second-order valence-corrected chi connectivity index (χ2v) is 4.68. The van der Waals surface area contributed by atoms with E-state index in [9.17, 15) is 4.39 Å². The lowest BCUT2D eigenvalue weighted by atomic mass is 10.1. The van der Waals surface area contributed by atoms with Crippen LogP contribution in [-0.2, 0) is 11.3 Å². The Balaban J connectivity index is 2.02. The molecule has 3 rings (SSSR count). The Morgan fingerprint density at radius 1 is 1.10 bits per heavy atom. The van der Waals surface area contributed by atoms with Crippen LogP contribution in [0.15, 0.2) is 59.3 Å². The number of benzene rings is 2. The van der Waals surface area contributed by atoms with Crippen molar-refractivity contribution in [3.63, 3.8) is 0 Å². The molecule has 0 saturated heterocycles. The molecule has 2 aromatic carbocycles. The highest BCUT2D eigenvalue weighted by Gasteiger charge is 2.22. The van der Waals surface area contributed by atoms with Gasteiger partial charge in [-0.1, -0.05) is 41.6 Å². The van der Waals surface area contributed by atoms with Gasteiger partial charge in [-0.2, -0.15) is 0 Å². The molecule has 3 heteroatoms. The van der Waals surface area contributed by atoms with Gasteiger partial charge in [0.25, 0.3) is 0 Å². The summed E-state index contributed by atoms with van der Waals surface area (Å²) in [5.41, 5.74) is 5.23. The van der Waals surface area contributed by atoms with Crippen LogP contribution in [0.25, 0.3) is 6.08 Å². The van der Waals surface area contributed by atoms with Crippen LogP contribution < -0.4 is 0 Å². The SMILES string of the molecule is CO/N=C1/C(=C/c2ccc(F)cc2)Cc2ccccc21. The molecule has 0 saturated carbocycles. The van der Waals surface area contributed by atoms with E-state index in [1.807, 2.05) is 24.3 Å². The van der Waals surface area contributed by atoms with Crippen LogP contribution in [0.4, 0.5) is 4.39 Å². The van der Waals surface area contributed by atoms with Crippen LogP contribution in [0.2, 0.25) is 0 Å². The summed E-state index contributed by atoms with van der Waals surface area (Å²) in [6.45, 7) is 0. The number of oxime groups is 1. The first-order chi connectivity index (χ1) is 9.78. The maximum absolute atomic E-state index is 12.9. The lowest BCUT2D eigenvalue weighted by Gasteiger charge is -2.01. The first kappa shape index (κ1) is 12.6. The summed E-state index contributed by atoms with van der Waals surface area (Å²) in [5.74, 6) is -0.229. The Morgan fingerprint density at radius 3 is 2.60 bits per heavy atom. The molecule has 0 unspecified atom stereocenters. The van der Waals surface area contributed by atoms with Crippen LogP contribution in [-0.4, -0.2) is 12.8 Å². The number of nitrogens with zero attached hydrogens (tertiary/aromatic N) is 1. The van der Waals surface area contributed by atoms with Crippen LogP contribution in [0.5, 0.6) is 0 Å². The van der Waals surface area contributed by atoms with E-state index in [1.54, 1.807) is 19.2 Å². The molecule has 0 heterocycles. The van der Waals surface area contributed by atoms with E-state index in [0.717, 1.165) is 28.8 Å². The molecule has 20 heavy (non-hydrogen) atoms. The van der Waals surface area contributed by atoms with Crippen molar-refractivity contribution in [2.75, 3.05) is 7.11 Å². The summed E-state index contributed by atoms with van der Waals surface area (Å²) in [5, 5.41) is 4.13. The Kier molecular flexibility index (Phi) is 3.33. The summed E-state index contributed by atoms with van der Waals surface area (Å²) >= 11 is 0. The highest BCUT2D eigenvalue weighted by atomic mass is 19.1. The van der Waals surface area contributed by atoms with Crippen molar-refractivity contribution in [2.45, 2.75) is 6.42 Å². The molecule has 0 aliphatic heterocycles. The van der Waals surface area contributed by atoms with E-state index in [2.05, 4.69) is 11.2 Å². The summed E-state index contributed by atoms with van der Waals surface area (Å²) in [4.78, 5) is 4.96. The second-order valence-electron chi connectivity index (χ2n) is 4.68. The Bertz CT molecular complexity index is 686. The zero-order valence-electron chi connectivity index (χ0n) is 11.1. The number of fused-ring (bicyclic) bond motifs is 1. The van der Waals surface area contributed by atoms with Crippen LogP contribution in [0.3, 0.4) is 0 Å². The zero-order valence-corrected chi connectivity index (χ0v) is 11.1. The molecule has 2 aromatic rings. The van der Waals surface area contributed by atoms with E-state index in [-0.39, 0.29) is 5.82 Å². The smallest absolute Gasteiger partial charge is 0.123 e. The number of allylic oxidation sites excluding steroid dienone is 1. The van der Waals surface area contributed by atoms with Crippen molar-refractivity contribution in [3.8, 4) is 0 Å². The standard InChI is InChI=1S/C17H14FNO/c1-20-19-17-14(10-12-6-8-15(18)9-7-12)11-13-4-2-3-5-16(13)17/h2-10H,11H2,1H3/b14-10+,19-17-. The third-order valence-corrected chi connectivity index (χ3v) is 3.35. The molecule has 2 nitrogen and oxygen atoms in total. The third-order valence-electron chi connectivity index (χ3n) is 3.35. The predicted molar refractivity (Wildman–Crippen MR) is 78.1 cm³/mol. The molecular weight excluding hydrogens is 253 g/mol. The first-order valence-corrected chi connectivity index (χ1v) is 6.44. The Labute approximate surface area is 117 Å². The molecule has 0 atom stereocenters. The number of hydrogen-bond acceptors (Lipinski definition) is 2. The third kappa shape index (κ3) is 2.35. The summed E-state index contributed by atoms with van der Waals surface area (Å²) in [6.07, 6.45) is 2.84. The van der Waals surface area contributed by atoms with Crippen molar-refractivity contribution in [2.24, 2.45) is 5.16 Å². The van der Waals surface area contributed by atoms with E-state index in [1.165, 1.54) is 17.7 Å². The topological polar surface area (TPSA) is 21.6 Å². The lowest BCUT2D eigenvalue weighted by Crippen LogP contribution is -1.99. The molecule has 0 bridgehead atoms. The van der Waals surface area contributed by atoms with Crippen LogP contribution in [0.1, 0.15) is 16.7 Å². The van der Waals surface area contributed by atoms with Gasteiger partial charge in [-0.05, 0) is 34.9 Å². The minimum absolute atomic E-state index is 0.229. The fourth-order valence-electron chi connectivity index (χ4n) is 2.45. The molecular formula is C17H14FNO. The Morgan fingerprint density at radius 2 is 1.85 bits per heavy atom. The van der Waals surface area contributed by atoms with Gasteiger partial charge in [0.15, 0.2) is 0 Å². The quantitative estimate of drug-likeness (QED) is 0.758. The van der Waals surface area contributed by atoms with Gasteiger partial charge in [0.2, 0.25) is 0 Å². The second kappa shape index (κ2) is 5.29. The van der Waals surface area contributed by atoms with Gasteiger partial charge < -0.3 is 4.84 Å². The average molecular weight is 267 g/mol. The van der Waals surface area contributed by atoms with Crippen molar-refractivity contribution in [1.29, 1.82) is 0 Å². The van der Waals surface area contributed by atoms with Gasteiger partial charge in [-0.15, -0.1) is 0 Å². The number of halogens is 1. The monoisotopic (exact) mass is 267 g/mol. The predicted octanol–water partition coefficient (Wildman–Crippen LogP) is 3.82. The normalized spacial score (nSPS) is 17.5. The van der Waals surface area contributed by atoms with E-state index < -0.39 is 0 Å². The largest absolute Gasteiger partial charge is 0.399 e. The van der Waals surface area contributed by atoms with Gasteiger partial charge >= 0.3 is 0 Å². The lowest BCUT2D eigenvalue weighted by molar-refractivity contribution is 0.214. The molecule has 0 spiro atoms. The molecule has 100 valence electrons.